The Morgan fingerprint density at radius 2 is 1.81 bits per heavy atom. The summed E-state index contributed by atoms with van der Waals surface area (Å²) in [5, 5.41) is 3.97. The SMILES string of the molecule is Cc1cccc(N(CC(=O)N/N=C\c2ccc(C)c(C)c2C)S(C)(=O)=O)c1. The highest BCUT2D eigenvalue weighted by molar-refractivity contribution is 7.92. The van der Waals surface area contributed by atoms with Crippen LogP contribution in [0.25, 0.3) is 0 Å². The van der Waals surface area contributed by atoms with Crippen molar-refractivity contribution in [3.05, 3.63) is 64.2 Å². The first-order valence-corrected chi connectivity index (χ1v) is 10.4. The van der Waals surface area contributed by atoms with Crippen molar-refractivity contribution in [1.29, 1.82) is 0 Å². The van der Waals surface area contributed by atoms with Crippen molar-refractivity contribution in [2.75, 3.05) is 17.1 Å². The summed E-state index contributed by atoms with van der Waals surface area (Å²) in [6, 6.07) is 10.9. The van der Waals surface area contributed by atoms with Crippen LogP contribution in [0.1, 0.15) is 27.8 Å². The quantitative estimate of drug-likeness (QED) is 0.611. The molecule has 2 aromatic rings. The van der Waals surface area contributed by atoms with E-state index >= 15 is 0 Å². The summed E-state index contributed by atoms with van der Waals surface area (Å²) < 4.78 is 25.3. The molecule has 27 heavy (non-hydrogen) atoms. The van der Waals surface area contributed by atoms with Gasteiger partial charge in [-0.25, -0.2) is 13.8 Å². The van der Waals surface area contributed by atoms with Crippen molar-refractivity contribution < 1.29 is 13.2 Å². The predicted molar refractivity (Wildman–Crippen MR) is 110 cm³/mol. The van der Waals surface area contributed by atoms with E-state index in [1.54, 1.807) is 24.4 Å². The van der Waals surface area contributed by atoms with E-state index in [1.807, 2.05) is 45.9 Å². The van der Waals surface area contributed by atoms with Crippen molar-refractivity contribution >= 4 is 27.8 Å². The third kappa shape index (κ3) is 5.40. The molecule has 0 radical (unpaired) electrons. The molecular weight excluding hydrogens is 362 g/mol. The molecule has 0 aliphatic carbocycles. The van der Waals surface area contributed by atoms with Gasteiger partial charge in [-0.05, 0) is 67.6 Å². The fraction of sp³-hybridized carbons (Fsp3) is 0.300. The monoisotopic (exact) mass is 387 g/mol. The highest BCUT2D eigenvalue weighted by Crippen LogP contribution is 2.18. The summed E-state index contributed by atoms with van der Waals surface area (Å²) in [5.41, 5.74) is 8.11. The fourth-order valence-electron chi connectivity index (χ4n) is 2.64. The number of hydrazone groups is 1. The minimum Gasteiger partial charge on any atom is -0.271 e. The van der Waals surface area contributed by atoms with Gasteiger partial charge in [-0.3, -0.25) is 9.10 Å². The van der Waals surface area contributed by atoms with E-state index < -0.39 is 15.9 Å². The van der Waals surface area contributed by atoms with Gasteiger partial charge in [-0.15, -0.1) is 0 Å². The van der Waals surface area contributed by atoms with Gasteiger partial charge in [0, 0.05) is 0 Å². The van der Waals surface area contributed by atoms with Gasteiger partial charge in [0.05, 0.1) is 18.2 Å². The number of carbonyl (C=O) groups excluding carboxylic acids is 1. The molecule has 0 spiro atoms. The Bertz CT molecular complexity index is 982. The molecule has 2 aromatic carbocycles. The van der Waals surface area contributed by atoms with Crippen molar-refractivity contribution in [3.63, 3.8) is 0 Å². The number of nitrogens with one attached hydrogen (secondary N) is 1. The van der Waals surface area contributed by atoms with Gasteiger partial charge < -0.3 is 0 Å². The van der Waals surface area contributed by atoms with Crippen molar-refractivity contribution in [2.24, 2.45) is 5.10 Å². The van der Waals surface area contributed by atoms with Crippen LogP contribution in [0.4, 0.5) is 5.69 Å². The van der Waals surface area contributed by atoms with Crippen molar-refractivity contribution in [3.8, 4) is 0 Å². The Hall–Kier alpha value is -2.67. The molecule has 1 N–H and O–H groups in total. The zero-order valence-electron chi connectivity index (χ0n) is 16.3. The zero-order chi connectivity index (χ0) is 20.2. The molecule has 0 bridgehead atoms. The summed E-state index contributed by atoms with van der Waals surface area (Å²) in [6.07, 6.45) is 2.64. The van der Waals surface area contributed by atoms with Crippen LogP contribution in [0.5, 0.6) is 0 Å². The molecule has 0 heterocycles. The third-order valence-corrected chi connectivity index (χ3v) is 5.61. The highest BCUT2D eigenvalue weighted by Gasteiger charge is 2.20. The number of rotatable bonds is 6. The molecule has 144 valence electrons. The molecule has 6 nitrogen and oxygen atoms in total. The van der Waals surface area contributed by atoms with Crippen LogP contribution >= 0.6 is 0 Å². The molecule has 0 aliphatic heterocycles. The normalized spacial score (nSPS) is 11.6. The minimum absolute atomic E-state index is 0.342. The number of anilines is 1. The first-order valence-electron chi connectivity index (χ1n) is 8.52. The molecule has 0 unspecified atom stereocenters. The van der Waals surface area contributed by atoms with E-state index in [0.717, 1.165) is 27.3 Å². The van der Waals surface area contributed by atoms with Gasteiger partial charge in [0.25, 0.3) is 5.91 Å². The second kappa shape index (κ2) is 8.35. The lowest BCUT2D eigenvalue weighted by molar-refractivity contribution is -0.119. The maximum Gasteiger partial charge on any atom is 0.260 e. The summed E-state index contributed by atoms with van der Waals surface area (Å²) in [5.74, 6) is -0.514. The van der Waals surface area contributed by atoms with Gasteiger partial charge in [0.15, 0.2) is 0 Å². The first-order chi connectivity index (χ1) is 12.6. The second-order valence-electron chi connectivity index (χ2n) is 6.62. The summed E-state index contributed by atoms with van der Waals surface area (Å²) in [7, 11) is -3.60. The van der Waals surface area contributed by atoms with Crippen LogP contribution in [0.3, 0.4) is 0 Å². The van der Waals surface area contributed by atoms with Gasteiger partial charge in [-0.1, -0.05) is 24.3 Å². The van der Waals surface area contributed by atoms with E-state index in [4.69, 9.17) is 0 Å². The molecule has 0 atom stereocenters. The fourth-order valence-corrected chi connectivity index (χ4v) is 3.49. The van der Waals surface area contributed by atoms with Gasteiger partial charge >= 0.3 is 0 Å². The number of amides is 1. The van der Waals surface area contributed by atoms with Crippen LogP contribution in [0, 0.1) is 27.7 Å². The largest absolute Gasteiger partial charge is 0.271 e. The maximum absolute atomic E-state index is 12.2. The number of hydrogen-bond donors (Lipinski definition) is 1. The van der Waals surface area contributed by atoms with Crippen LogP contribution in [0.15, 0.2) is 41.5 Å². The first kappa shape index (κ1) is 20.6. The van der Waals surface area contributed by atoms with Crippen molar-refractivity contribution in [1.82, 2.24) is 5.43 Å². The standard InChI is InChI=1S/C20H25N3O3S/c1-14-7-6-8-19(11-14)23(27(5,25)26)13-20(24)22-21-12-18-10-9-15(2)16(3)17(18)4/h6-12H,13H2,1-5H3,(H,22,24)/b21-12-. The molecular formula is C20H25N3O3S. The molecule has 1 amide bonds. The average molecular weight is 388 g/mol. The number of hydrogen-bond acceptors (Lipinski definition) is 4. The third-order valence-electron chi connectivity index (χ3n) is 4.47. The van der Waals surface area contributed by atoms with E-state index in [-0.39, 0.29) is 6.54 Å². The lowest BCUT2D eigenvalue weighted by Crippen LogP contribution is -2.39. The Morgan fingerprint density at radius 3 is 2.44 bits per heavy atom. The summed E-state index contributed by atoms with van der Waals surface area (Å²) >= 11 is 0. The Morgan fingerprint density at radius 1 is 1.11 bits per heavy atom. The minimum atomic E-state index is -3.60. The summed E-state index contributed by atoms with van der Waals surface area (Å²) in [6.45, 7) is 7.59. The number of benzene rings is 2. The van der Waals surface area contributed by atoms with E-state index in [0.29, 0.717) is 5.69 Å². The lowest BCUT2D eigenvalue weighted by atomic mass is 10.00. The predicted octanol–water partition coefficient (Wildman–Crippen LogP) is 2.84. The van der Waals surface area contributed by atoms with Crippen LogP contribution < -0.4 is 9.73 Å². The molecule has 0 saturated heterocycles. The Kier molecular flexibility index (Phi) is 6.38. The van der Waals surface area contributed by atoms with E-state index in [9.17, 15) is 13.2 Å². The maximum atomic E-state index is 12.2. The molecule has 0 saturated carbocycles. The number of nitrogens with zero attached hydrogens (tertiary/aromatic N) is 2. The molecule has 0 aliphatic rings. The highest BCUT2D eigenvalue weighted by atomic mass is 32.2. The second-order valence-corrected chi connectivity index (χ2v) is 8.53. The Balaban J connectivity index is 2.12. The topological polar surface area (TPSA) is 78.8 Å². The number of sulfonamides is 1. The smallest absolute Gasteiger partial charge is 0.260 e. The van der Waals surface area contributed by atoms with Gasteiger partial charge in [-0.2, -0.15) is 5.10 Å². The summed E-state index contributed by atoms with van der Waals surface area (Å²) in [4.78, 5) is 12.2. The van der Waals surface area contributed by atoms with Crippen LogP contribution in [-0.2, 0) is 14.8 Å². The molecule has 2 rings (SSSR count). The number of carbonyl (C=O) groups is 1. The number of aryl methyl sites for hydroxylation is 2. The van der Waals surface area contributed by atoms with Crippen molar-refractivity contribution in [2.45, 2.75) is 27.7 Å². The Labute approximate surface area is 161 Å². The van der Waals surface area contributed by atoms with E-state index in [2.05, 4.69) is 10.5 Å². The van der Waals surface area contributed by atoms with Crippen LogP contribution in [-0.4, -0.2) is 33.3 Å². The zero-order valence-corrected chi connectivity index (χ0v) is 17.1. The van der Waals surface area contributed by atoms with Gasteiger partial charge in [0.2, 0.25) is 10.0 Å². The lowest BCUT2D eigenvalue weighted by Gasteiger charge is -2.21. The molecule has 0 aromatic heterocycles. The molecule has 0 fully saturated rings. The van der Waals surface area contributed by atoms with E-state index in [1.165, 1.54) is 11.1 Å². The average Bonchev–Trinajstić information content (AvgIpc) is 2.58. The van der Waals surface area contributed by atoms with Crippen LogP contribution in [0.2, 0.25) is 0 Å². The van der Waals surface area contributed by atoms with Gasteiger partial charge in [0.1, 0.15) is 6.54 Å². The molecule has 7 heteroatoms.